The molecule has 0 fully saturated rings. The molecule has 0 atom stereocenters. The molecule has 0 aliphatic rings. The molecular weight excluding hydrogens is 226 g/mol. The molecular formula is C10H17N3O2S. The molecule has 0 spiro atoms. The molecule has 6 heteroatoms. The van der Waals surface area contributed by atoms with Crippen molar-refractivity contribution in [1.82, 2.24) is 9.97 Å². The van der Waals surface area contributed by atoms with Crippen molar-refractivity contribution >= 4 is 17.6 Å². The van der Waals surface area contributed by atoms with Crippen LogP contribution in [0.3, 0.4) is 0 Å². The topological polar surface area (TPSA) is 78.0 Å². The largest absolute Gasteiger partial charge is 0.396 e. The van der Waals surface area contributed by atoms with Crippen LogP contribution in [-0.4, -0.2) is 39.7 Å². The Kier molecular flexibility index (Phi) is 5.95. The quantitative estimate of drug-likeness (QED) is 0.611. The predicted octanol–water partition coefficient (Wildman–Crippen LogP) is 0.606. The number of aryl methyl sites for hydroxylation is 1. The average molecular weight is 243 g/mol. The Morgan fingerprint density at radius 3 is 3.06 bits per heavy atom. The van der Waals surface area contributed by atoms with Crippen LogP contribution < -0.4 is 10.9 Å². The number of aliphatic hydroxyl groups is 1. The summed E-state index contributed by atoms with van der Waals surface area (Å²) in [7, 11) is 0. The third-order valence-electron chi connectivity index (χ3n) is 1.86. The molecule has 0 unspecified atom stereocenters. The highest BCUT2D eigenvalue weighted by molar-refractivity contribution is 7.99. The van der Waals surface area contributed by atoms with Gasteiger partial charge in [0.2, 0.25) is 0 Å². The van der Waals surface area contributed by atoms with Crippen molar-refractivity contribution in [1.29, 1.82) is 0 Å². The maximum absolute atomic E-state index is 11.1. The van der Waals surface area contributed by atoms with Crippen LogP contribution >= 0.6 is 11.8 Å². The molecule has 0 amide bonds. The number of H-pyrrole nitrogens is 1. The van der Waals surface area contributed by atoms with Crippen LogP contribution in [-0.2, 0) is 0 Å². The van der Waals surface area contributed by atoms with Crippen LogP contribution in [0.5, 0.6) is 0 Å². The van der Waals surface area contributed by atoms with E-state index in [1.165, 1.54) is 6.07 Å². The van der Waals surface area contributed by atoms with Crippen LogP contribution in [0, 0.1) is 6.92 Å². The molecule has 16 heavy (non-hydrogen) atoms. The van der Waals surface area contributed by atoms with Crippen LogP contribution in [0.4, 0.5) is 5.82 Å². The number of thioether (sulfide) groups is 1. The van der Waals surface area contributed by atoms with Crippen molar-refractivity contribution in [3.8, 4) is 0 Å². The van der Waals surface area contributed by atoms with Gasteiger partial charge >= 0.3 is 0 Å². The Labute approximate surface area is 98.7 Å². The highest BCUT2D eigenvalue weighted by Gasteiger charge is 1.96. The molecule has 1 aromatic heterocycles. The standard InChI is InChI=1S/C10H17N3O2S/c1-8-12-9(7-10(15)13-8)11-3-6-16-5-2-4-14/h7,14H,2-6H2,1H3,(H2,11,12,13,15). The Morgan fingerprint density at radius 2 is 2.38 bits per heavy atom. The van der Waals surface area contributed by atoms with Gasteiger partial charge in [-0.2, -0.15) is 11.8 Å². The van der Waals surface area contributed by atoms with Gasteiger partial charge in [-0.05, 0) is 19.1 Å². The molecule has 90 valence electrons. The minimum atomic E-state index is -0.136. The fourth-order valence-electron chi connectivity index (χ4n) is 1.19. The third-order valence-corrected chi connectivity index (χ3v) is 2.93. The first kappa shape index (κ1) is 13.1. The molecule has 5 nitrogen and oxygen atoms in total. The Balaban J connectivity index is 2.24. The predicted molar refractivity (Wildman–Crippen MR) is 67.1 cm³/mol. The number of anilines is 1. The molecule has 0 aliphatic carbocycles. The molecule has 3 N–H and O–H groups in total. The van der Waals surface area contributed by atoms with E-state index in [-0.39, 0.29) is 12.2 Å². The highest BCUT2D eigenvalue weighted by atomic mass is 32.2. The van der Waals surface area contributed by atoms with E-state index in [2.05, 4.69) is 15.3 Å². The lowest BCUT2D eigenvalue weighted by Gasteiger charge is -2.05. The average Bonchev–Trinajstić information content (AvgIpc) is 2.22. The fraction of sp³-hybridized carbons (Fsp3) is 0.600. The molecule has 0 saturated carbocycles. The maximum atomic E-state index is 11.1. The van der Waals surface area contributed by atoms with Crippen molar-refractivity contribution in [2.24, 2.45) is 0 Å². The number of rotatable bonds is 7. The normalized spacial score (nSPS) is 10.4. The number of nitrogens with zero attached hydrogens (tertiary/aromatic N) is 1. The van der Waals surface area contributed by atoms with E-state index in [4.69, 9.17) is 5.11 Å². The van der Waals surface area contributed by atoms with Gasteiger partial charge in [-0.1, -0.05) is 0 Å². The van der Waals surface area contributed by atoms with Gasteiger partial charge in [-0.3, -0.25) is 4.79 Å². The summed E-state index contributed by atoms with van der Waals surface area (Å²) in [6, 6.07) is 1.45. The van der Waals surface area contributed by atoms with Gasteiger partial charge in [0.25, 0.3) is 5.56 Å². The summed E-state index contributed by atoms with van der Waals surface area (Å²) in [5.74, 6) is 3.13. The van der Waals surface area contributed by atoms with Crippen molar-refractivity contribution in [3.63, 3.8) is 0 Å². The number of nitrogens with one attached hydrogen (secondary N) is 2. The summed E-state index contributed by atoms with van der Waals surface area (Å²) in [5.41, 5.74) is -0.136. The van der Waals surface area contributed by atoms with E-state index in [1.807, 2.05) is 0 Å². The van der Waals surface area contributed by atoms with Gasteiger partial charge < -0.3 is 15.4 Å². The summed E-state index contributed by atoms with van der Waals surface area (Å²) in [4.78, 5) is 17.9. The number of aliphatic hydroxyl groups excluding tert-OH is 1. The number of aromatic nitrogens is 2. The van der Waals surface area contributed by atoms with Crippen molar-refractivity contribution in [2.75, 3.05) is 30.0 Å². The van der Waals surface area contributed by atoms with E-state index < -0.39 is 0 Å². The minimum Gasteiger partial charge on any atom is -0.396 e. The Morgan fingerprint density at radius 1 is 1.56 bits per heavy atom. The SMILES string of the molecule is Cc1nc(NCCSCCCO)cc(=O)[nH]1. The van der Waals surface area contributed by atoms with Crippen molar-refractivity contribution < 1.29 is 5.11 Å². The maximum Gasteiger partial charge on any atom is 0.252 e. The third kappa shape index (κ3) is 5.18. The number of aromatic amines is 1. The van der Waals surface area contributed by atoms with Gasteiger partial charge in [0, 0.05) is 25.0 Å². The van der Waals surface area contributed by atoms with Gasteiger partial charge in [0.05, 0.1) is 0 Å². The lowest BCUT2D eigenvalue weighted by Crippen LogP contribution is -2.13. The molecule has 1 aromatic rings. The summed E-state index contributed by atoms with van der Waals surface area (Å²) in [6.07, 6.45) is 0.826. The molecule has 0 aromatic carbocycles. The monoisotopic (exact) mass is 243 g/mol. The Hall–Kier alpha value is -1.01. The highest BCUT2D eigenvalue weighted by Crippen LogP contribution is 2.03. The van der Waals surface area contributed by atoms with Crippen molar-refractivity contribution in [2.45, 2.75) is 13.3 Å². The first-order valence-electron chi connectivity index (χ1n) is 5.23. The molecule has 0 bridgehead atoms. The Bertz CT molecular complexity index is 367. The molecule has 1 heterocycles. The summed E-state index contributed by atoms with van der Waals surface area (Å²) in [5, 5.41) is 11.7. The van der Waals surface area contributed by atoms with Crippen LogP contribution in [0.1, 0.15) is 12.2 Å². The minimum absolute atomic E-state index is 0.136. The molecule has 1 rings (SSSR count). The van der Waals surface area contributed by atoms with E-state index >= 15 is 0 Å². The van der Waals surface area contributed by atoms with E-state index in [0.29, 0.717) is 11.6 Å². The lowest BCUT2D eigenvalue weighted by atomic mass is 10.5. The van der Waals surface area contributed by atoms with Gasteiger partial charge in [-0.25, -0.2) is 4.98 Å². The second-order valence-corrected chi connectivity index (χ2v) is 4.56. The van der Waals surface area contributed by atoms with Crippen LogP contribution in [0.15, 0.2) is 10.9 Å². The van der Waals surface area contributed by atoms with E-state index in [9.17, 15) is 4.79 Å². The second-order valence-electron chi connectivity index (χ2n) is 3.33. The smallest absolute Gasteiger partial charge is 0.252 e. The van der Waals surface area contributed by atoms with Crippen LogP contribution in [0.2, 0.25) is 0 Å². The van der Waals surface area contributed by atoms with E-state index in [0.717, 1.165) is 24.5 Å². The molecule has 0 aliphatic heterocycles. The first-order chi connectivity index (χ1) is 7.72. The van der Waals surface area contributed by atoms with Gasteiger partial charge in [-0.15, -0.1) is 0 Å². The molecule has 0 saturated heterocycles. The first-order valence-corrected chi connectivity index (χ1v) is 6.38. The summed E-state index contributed by atoms with van der Waals surface area (Å²) in [6.45, 7) is 2.77. The zero-order valence-corrected chi connectivity index (χ0v) is 10.1. The zero-order valence-electron chi connectivity index (χ0n) is 9.32. The fourth-order valence-corrected chi connectivity index (χ4v) is 1.97. The summed E-state index contributed by atoms with van der Waals surface area (Å²) < 4.78 is 0. The van der Waals surface area contributed by atoms with Gasteiger partial charge in [0.15, 0.2) is 0 Å². The molecule has 0 radical (unpaired) electrons. The van der Waals surface area contributed by atoms with Gasteiger partial charge in [0.1, 0.15) is 11.6 Å². The lowest BCUT2D eigenvalue weighted by molar-refractivity contribution is 0.296. The van der Waals surface area contributed by atoms with Crippen molar-refractivity contribution in [3.05, 3.63) is 22.2 Å². The second kappa shape index (κ2) is 7.29. The zero-order chi connectivity index (χ0) is 11.8. The number of hydrogen-bond donors (Lipinski definition) is 3. The van der Waals surface area contributed by atoms with E-state index in [1.54, 1.807) is 18.7 Å². The van der Waals surface area contributed by atoms with Crippen LogP contribution in [0.25, 0.3) is 0 Å². The number of hydrogen-bond acceptors (Lipinski definition) is 5. The summed E-state index contributed by atoms with van der Waals surface area (Å²) >= 11 is 1.77.